The van der Waals surface area contributed by atoms with Gasteiger partial charge in [0, 0.05) is 30.6 Å². The van der Waals surface area contributed by atoms with Crippen molar-refractivity contribution in [3.63, 3.8) is 0 Å². The number of fused-ring (bicyclic) bond motifs is 3. The first-order valence-corrected chi connectivity index (χ1v) is 8.89. The third-order valence-corrected chi connectivity index (χ3v) is 4.55. The van der Waals surface area contributed by atoms with Crippen molar-refractivity contribution in [3.8, 4) is 5.75 Å². The van der Waals surface area contributed by atoms with Crippen LogP contribution < -0.4 is 10.1 Å². The van der Waals surface area contributed by atoms with Crippen LogP contribution in [0, 0.1) is 6.92 Å². The van der Waals surface area contributed by atoms with E-state index in [1.54, 1.807) is 7.05 Å². The van der Waals surface area contributed by atoms with Crippen LogP contribution >= 0.6 is 0 Å². The molecule has 0 aliphatic rings. The van der Waals surface area contributed by atoms with Crippen LogP contribution in [-0.4, -0.2) is 23.6 Å². The van der Waals surface area contributed by atoms with Crippen molar-refractivity contribution in [1.82, 2.24) is 9.88 Å². The third kappa shape index (κ3) is 2.68. The van der Waals surface area contributed by atoms with E-state index in [0.717, 1.165) is 40.6 Å². The van der Waals surface area contributed by atoms with Crippen molar-refractivity contribution < 1.29 is 13.9 Å². The summed E-state index contributed by atoms with van der Waals surface area (Å²) in [5.41, 5.74) is 3.59. The van der Waals surface area contributed by atoms with Crippen molar-refractivity contribution in [2.75, 3.05) is 7.05 Å². The monoisotopic (exact) mass is 342 g/mol. The number of aromatic nitrogens is 1. The molecule has 0 unspecified atom stereocenters. The molecule has 0 saturated heterocycles. The molecule has 2 aromatic heterocycles. The minimum absolute atomic E-state index is 0.0439. The van der Waals surface area contributed by atoms with E-state index in [9.17, 15) is 4.79 Å². The summed E-state index contributed by atoms with van der Waals surface area (Å²) in [7, 11) is 1.63. The summed E-state index contributed by atoms with van der Waals surface area (Å²) < 4.78 is 14.4. The molecule has 134 valence electrons. The zero-order chi connectivity index (χ0) is 18.3. The molecule has 1 amide bonds. The van der Waals surface area contributed by atoms with Crippen molar-refractivity contribution in [3.05, 3.63) is 29.2 Å². The molecular weight excluding hydrogens is 316 g/mol. The minimum atomic E-state index is -0.140. The molecule has 1 aromatic carbocycles. The first-order chi connectivity index (χ1) is 11.9. The summed E-state index contributed by atoms with van der Waals surface area (Å²) in [5, 5.41) is 4.57. The van der Waals surface area contributed by atoms with Crippen LogP contribution in [0.25, 0.3) is 21.9 Å². The van der Waals surface area contributed by atoms with Crippen molar-refractivity contribution in [1.29, 1.82) is 0 Å². The molecule has 2 heterocycles. The van der Waals surface area contributed by atoms with Gasteiger partial charge in [0.15, 0.2) is 0 Å². The number of nitrogens with zero attached hydrogens (tertiary/aromatic N) is 1. The maximum absolute atomic E-state index is 12.4. The normalized spacial score (nSPS) is 11.6. The maximum atomic E-state index is 12.4. The fourth-order valence-corrected chi connectivity index (χ4v) is 3.48. The van der Waals surface area contributed by atoms with Gasteiger partial charge in [-0.05, 0) is 45.7 Å². The second-order valence-corrected chi connectivity index (χ2v) is 6.55. The Balaban J connectivity index is 2.49. The van der Waals surface area contributed by atoms with E-state index in [4.69, 9.17) is 9.15 Å². The van der Waals surface area contributed by atoms with E-state index in [0.29, 0.717) is 11.3 Å². The summed E-state index contributed by atoms with van der Waals surface area (Å²) in [6.07, 6.45) is 3.09. The number of carbonyl (C=O) groups excluding carboxylic acids is 1. The number of benzene rings is 1. The van der Waals surface area contributed by atoms with Gasteiger partial charge in [-0.25, -0.2) is 0 Å². The molecule has 0 fully saturated rings. The van der Waals surface area contributed by atoms with Crippen molar-refractivity contribution in [2.45, 2.75) is 53.7 Å². The number of nitrogens with one attached hydrogen (secondary N) is 1. The molecule has 25 heavy (non-hydrogen) atoms. The van der Waals surface area contributed by atoms with Crippen LogP contribution in [0.3, 0.4) is 0 Å². The number of amides is 1. The fraction of sp³-hybridized carbons (Fsp3) is 0.450. The van der Waals surface area contributed by atoms with E-state index in [1.165, 1.54) is 5.56 Å². The van der Waals surface area contributed by atoms with Crippen molar-refractivity contribution in [2.24, 2.45) is 0 Å². The van der Waals surface area contributed by atoms with Gasteiger partial charge in [0.2, 0.25) is 0 Å². The highest BCUT2D eigenvalue weighted by Gasteiger charge is 2.24. The average molecular weight is 342 g/mol. The summed E-state index contributed by atoms with van der Waals surface area (Å²) in [6, 6.07) is 1.95. The predicted molar refractivity (Wildman–Crippen MR) is 101 cm³/mol. The lowest BCUT2D eigenvalue weighted by atomic mass is 10.0. The van der Waals surface area contributed by atoms with E-state index >= 15 is 0 Å². The van der Waals surface area contributed by atoms with Gasteiger partial charge in [0.25, 0.3) is 5.91 Å². The Kier molecular flexibility index (Phi) is 4.50. The molecule has 5 heteroatoms. The van der Waals surface area contributed by atoms with E-state index in [1.807, 2.05) is 26.8 Å². The predicted octanol–water partition coefficient (Wildman–Crippen LogP) is 4.43. The highest BCUT2D eigenvalue weighted by atomic mass is 16.5. The molecule has 0 aliphatic heterocycles. The lowest BCUT2D eigenvalue weighted by Gasteiger charge is -2.14. The molecule has 0 bridgehead atoms. The standard InChI is InChI=1S/C20H26N2O3/c1-7-13-10-22(8-2)18-15(24-11(3)4)9-14-16(20(23)21-6)12(5)25-19(14)17(13)18/h9-11H,7-8H2,1-6H3,(H,21,23). The topological polar surface area (TPSA) is 56.4 Å². The molecule has 1 N–H and O–H groups in total. The van der Waals surface area contributed by atoms with Gasteiger partial charge in [0.1, 0.15) is 17.1 Å². The van der Waals surface area contributed by atoms with Crippen LogP contribution in [0.15, 0.2) is 16.7 Å². The molecule has 0 spiro atoms. The molecule has 3 rings (SSSR count). The fourth-order valence-electron chi connectivity index (χ4n) is 3.48. The Morgan fingerprint density at radius 2 is 2.08 bits per heavy atom. The Bertz CT molecular complexity index is 947. The minimum Gasteiger partial charge on any atom is -0.489 e. The lowest BCUT2D eigenvalue weighted by Crippen LogP contribution is -2.18. The molecule has 3 aromatic rings. The van der Waals surface area contributed by atoms with Gasteiger partial charge in [0.05, 0.1) is 17.2 Å². The quantitative estimate of drug-likeness (QED) is 0.746. The average Bonchev–Trinajstić information content (AvgIpc) is 3.11. The van der Waals surface area contributed by atoms with Gasteiger partial charge in [-0.2, -0.15) is 0 Å². The first-order valence-electron chi connectivity index (χ1n) is 8.89. The second-order valence-electron chi connectivity index (χ2n) is 6.55. The summed E-state index contributed by atoms with van der Waals surface area (Å²) in [5.74, 6) is 1.28. The highest BCUT2D eigenvalue weighted by molar-refractivity contribution is 6.16. The molecule has 0 aliphatic carbocycles. The number of aryl methyl sites for hydroxylation is 3. The van der Waals surface area contributed by atoms with E-state index in [2.05, 4.69) is 29.9 Å². The second kappa shape index (κ2) is 6.47. The van der Waals surface area contributed by atoms with Gasteiger partial charge < -0.3 is 19.0 Å². The van der Waals surface area contributed by atoms with Gasteiger partial charge in [-0.1, -0.05) is 6.92 Å². The van der Waals surface area contributed by atoms with Crippen LogP contribution in [0.5, 0.6) is 5.75 Å². The van der Waals surface area contributed by atoms with Gasteiger partial charge in [-0.15, -0.1) is 0 Å². The molecule has 0 radical (unpaired) electrons. The largest absolute Gasteiger partial charge is 0.489 e. The van der Waals surface area contributed by atoms with Crippen LogP contribution in [-0.2, 0) is 13.0 Å². The van der Waals surface area contributed by atoms with E-state index < -0.39 is 0 Å². The molecule has 0 atom stereocenters. The van der Waals surface area contributed by atoms with E-state index in [-0.39, 0.29) is 12.0 Å². The zero-order valence-electron chi connectivity index (χ0n) is 15.8. The smallest absolute Gasteiger partial charge is 0.255 e. The lowest BCUT2D eigenvalue weighted by molar-refractivity contribution is 0.0963. The van der Waals surface area contributed by atoms with Crippen LogP contribution in [0.1, 0.15) is 49.4 Å². The van der Waals surface area contributed by atoms with Gasteiger partial charge in [-0.3, -0.25) is 4.79 Å². The Hall–Kier alpha value is -2.43. The number of furan rings is 1. The summed E-state index contributed by atoms with van der Waals surface area (Å²) in [4.78, 5) is 12.4. The van der Waals surface area contributed by atoms with Crippen molar-refractivity contribution >= 4 is 27.8 Å². The Morgan fingerprint density at radius 1 is 1.36 bits per heavy atom. The first kappa shape index (κ1) is 17.4. The maximum Gasteiger partial charge on any atom is 0.255 e. The van der Waals surface area contributed by atoms with Crippen LogP contribution in [0.4, 0.5) is 0 Å². The number of carbonyl (C=O) groups is 1. The number of hydrogen-bond donors (Lipinski definition) is 1. The zero-order valence-corrected chi connectivity index (χ0v) is 15.8. The van der Waals surface area contributed by atoms with Crippen LogP contribution in [0.2, 0.25) is 0 Å². The summed E-state index contributed by atoms with van der Waals surface area (Å²) >= 11 is 0. The molecule has 0 saturated carbocycles. The Labute approximate surface area is 147 Å². The van der Waals surface area contributed by atoms with Gasteiger partial charge >= 0.3 is 0 Å². The third-order valence-electron chi connectivity index (χ3n) is 4.55. The summed E-state index contributed by atoms with van der Waals surface area (Å²) in [6.45, 7) is 10.9. The molecule has 5 nitrogen and oxygen atoms in total. The Morgan fingerprint density at radius 3 is 2.64 bits per heavy atom. The number of rotatable bonds is 5. The number of hydrogen-bond acceptors (Lipinski definition) is 3. The SMILES string of the molecule is CCc1cn(CC)c2c(OC(C)C)cc3c(C(=O)NC)c(C)oc3c12. The number of ether oxygens (including phenoxy) is 1. The molecular formula is C20H26N2O3. The highest BCUT2D eigenvalue weighted by Crippen LogP contribution is 2.41.